The first-order valence-corrected chi connectivity index (χ1v) is 10.5. The van der Waals surface area contributed by atoms with Crippen molar-refractivity contribution in [1.29, 1.82) is 0 Å². The van der Waals surface area contributed by atoms with Crippen molar-refractivity contribution in [2.24, 2.45) is 0 Å². The average molecular weight is 446 g/mol. The largest absolute Gasteiger partial charge is 0.493 e. The summed E-state index contributed by atoms with van der Waals surface area (Å²) < 4.78 is 16.4. The Hall–Kier alpha value is -3.13. The van der Waals surface area contributed by atoms with Crippen molar-refractivity contribution in [3.63, 3.8) is 0 Å². The second kappa shape index (κ2) is 9.34. The van der Waals surface area contributed by atoms with Gasteiger partial charge < -0.3 is 29.3 Å². The lowest BCUT2D eigenvalue weighted by Gasteiger charge is -2.36. The molecule has 0 spiro atoms. The van der Waals surface area contributed by atoms with Crippen LogP contribution in [0.2, 0.25) is 5.02 Å². The van der Waals surface area contributed by atoms with Crippen LogP contribution < -0.4 is 24.4 Å². The fourth-order valence-electron chi connectivity index (χ4n) is 3.66. The first-order chi connectivity index (χ1) is 15.0. The molecule has 0 bridgehead atoms. The summed E-state index contributed by atoms with van der Waals surface area (Å²) in [4.78, 5) is 29.1. The Morgan fingerprint density at radius 2 is 1.87 bits per heavy atom. The second-order valence-electron chi connectivity index (χ2n) is 7.23. The molecule has 0 unspecified atom stereocenters. The van der Waals surface area contributed by atoms with Crippen LogP contribution in [0.4, 0.5) is 5.69 Å². The lowest BCUT2D eigenvalue weighted by Crippen LogP contribution is -2.51. The van der Waals surface area contributed by atoms with E-state index in [1.54, 1.807) is 17.0 Å². The average Bonchev–Trinajstić information content (AvgIpc) is 2.81. The smallest absolute Gasteiger partial charge is 0.251 e. The summed E-state index contributed by atoms with van der Waals surface area (Å²) in [5, 5.41) is 3.38. The Bertz CT molecular complexity index is 958. The number of anilines is 1. The molecule has 2 aromatic rings. The minimum absolute atomic E-state index is 0.0766. The number of halogens is 1. The maximum absolute atomic E-state index is 12.6. The Labute approximate surface area is 185 Å². The molecule has 1 saturated heterocycles. The fraction of sp³-hybridized carbons (Fsp3) is 0.364. The molecule has 2 heterocycles. The van der Waals surface area contributed by atoms with Gasteiger partial charge in [-0.25, -0.2) is 0 Å². The maximum Gasteiger partial charge on any atom is 0.251 e. The van der Waals surface area contributed by atoms with Crippen LogP contribution in [0.5, 0.6) is 17.2 Å². The fourth-order valence-corrected chi connectivity index (χ4v) is 3.85. The zero-order valence-corrected chi connectivity index (χ0v) is 18.0. The third-order valence-corrected chi connectivity index (χ3v) is 5.53. The third-order valence-electron chi connectivity index (χ3n) is 5.30. The van der Waals surface area contributed by atoms with Gasteiger partial charge in [0, 0.05) is 42.5 Å². The van der Waals surface area contributed by atoms with Crippen molar-refractivity contribution < 1.29 is 23.8 Å². The molecule has 4 rings (SSSR count). The minimum Gasteiger partial charge on any atom is -0.493 e. The number of piperazine rings is 1. The van der Waals surface area contributed by atoms with E-state index in [0.29, 0.717) is 67.2 Å². The molecule has 1 fully saturated rings. The molecule has 31 heavy (non-hydrogen) atoms. The van der Waals surface area contributed by atoms with Crippen molar-refractivity contribution in [1.82, 2.24) is 10.2 Å². The van der Waals surface area contributed by atoms with Crippen molar-refractivity contribution in [3.8, 4) is 17.2 Å². The van der Waals surface area contributed by atoms with Gasteiger partial charge in [-0.15, -0.1) is 0 Å². The molecule has 1 N–H and O–H groups in total. The van der Waals surface area contributed by atoms with Crippen molar-refractivity contribution in [3.05, 3.63) is 47.0 Å². The second-order valence-corrected chi connectivity index (χ2v) is 7.67. The Kier molecular flexibility index (Phi) is 6.36. The number of benzene rings is 2. The summed E-state index contributed by atoms with van der Waals surface area (Å²) in [7, 11) is 1.50. The van der Waals surface area contributed by atoms with Crippen LogP contribution in [-0.2, 0) is 4.79 Å². The topological polar surface area (TPSA) is 80.3 Å². The Balaban J connectivity index is 1.31. The van der Waals surface area contributed by atoms with Crippen molar-refractivity contribution >= 4 is 29.1 Å². The lowest BCUT2D eigenvalue weighted by atomic mass is 10.1. The molecule has 0 aliphatic carbocycles. The number of hydrogen-bond acceptors (Lipinski definition) is 6. The van der Waals surface area contributed by atoms with Gasteiger partial charge in [0.1, 0.15) is 13.2 Å². The number of amides is 2. The van der Waals surface area contributed by atoms with Crippen LogP contribution in [-0.4, -0.2) is 69.8 Å². The van der Waals surface area contributed by atoms with E-state index in [0.717, 1.165) is 5.69 Å². The summed E-state index contributed by atoms with van der Waals surface area (Å²) in [5.74, 6) is 0.869. The number of nitrogens with zero attached hydrogens (tertiary/aromatic N) is 2. The summed E-state index contributed by atoms with van der Waals surface area (Å²) in [6.45, 7) is 3.33. The highest BCUT2D eigenvalue weighted by atomic mass is 35.5. The molecule has 2 aliphatic rings. The van der Waals surface area contributed by atoms with Gasteiger partial charge in [-0.3, -0.25) is 9.59 Å². The molecule has 2 aromatic carbocycles. The van der Waals surface area contributed by atoms with Crippen LogP contribution in [0.3, 0.4) is 0 Å². The van der Waals surface area contributed by atoms with E-state index in [2.05, 4.69) is 10.2 Å². The standard InChI is InChI=1S/C22H24ClN3O5/c1-29-18-11-15(12-19-21(18)31-10-9-30-19)22(28)24-14-20(27)26-7-5-25(6-8-26)17-4-2-3-16(23)13-17/h2-4,11-13H,5-10,14H2,1H3,(H,24,28). The van der Waals surface area contributed by atoms with Gasteiger partial charge in [0.05, 0.1) is 13.7 Å². The molecule has 2 aliphatic heterocycles. The highest BCUT2D eigenvalue weighted by Crippen LogP contribution is 2.40. The van der Waals surface area contributed by atoms with Gasteiger partial charge in [-0.2, -0.15) is 0 Å². The van der Waals surface area contributed by atoms with Gasteiger partial charge in [0.25, 0.3) is 5.91 Å². The van der Waals surface area contributed by atoms with Crippen molar-refractivity contribution in [2.75, 3.05) is 57.9 Å². The number of fused-ring (bicyclic) bond motifs is 1. The molecular weight excluding hydrogens is 422 g/mol. The van der Waals surface area contributed by atoms with E-state index in [1.807, 2.05) is 24.3 Å². The number of ether oxygens (including phenoxy) is 3. The number of nitrogens with one attached hydrogen (secondary N) is 1. The first-order valence-electron chi connectivity index (χ1n) is 10.1. The third kappa shape index (κ3) is 4.80. The van der Waals surface area contributed by atoms with Crippen molar-refractivity contribution in [2.45, 2.75) is 0 Å². The van der Waals surface area contributed by atoms with Crippen LogP contribution in [0.1, 0.15) is 10.4 Å². The molecule has 2 amide bonds. The van der Waals surface area contributed by atoms with E-state index in [1.165, 1.54) is 7.11 Å². The van der Waals surface area contributed by atoms with E-state index in [9.17, 15) is 9.59 Å². The van der Waals surface area contributed by atoms with Crippen LogP contribution >= 0.6 is 11.6 Å². The number of methoxy groups -OCH3 is 1. The van der Waals surface area contributed by atoms with E-state index in [4.69, 9.17) is 25.8 Å². The van der Waals surface area contributed by atoms with Gasteiger partial charge in [0.15, 0.2) is 11.5 Å². The molecule has 8 nitrogen and oxygen atoms in total. The SMILES string of the molecule is COc1cc(C(=O)NCC(=O)N2CCN(c3cccc(Cl)c3)CC2)cc2c1OCCO2. The number of carbonyl (C=O) groups excluding carboxylic acids is 2. The predicted molar refractivity (Wildman–Crippen MR) is 117 cm³/mol. The Morgan fingerprint density at radius 3 is 2.61 bits per heavy atom. The molecule has 9 heteroatoms. The van der Waals surface area contributed by atoms with Crippen LogP contribution in [0, 0.1) is 0 Å². The molecule has 0 aromatic heterocycles. The molecule has 0 saturated carbocycles. The normalized spacial score (nSPS) is 15.4. The summed E-state index contributed by atoms with van der Waals surface area (Å²) in [6.07, 6.45) is 0. The molecular formula is C22H24ClN3O5. The summed E-state index contributed by atoms with van der Waals surface area (Å²) >= 11 is 6.07. The molecule has 0 atom stereocenters. The molecule has 0 radical (unpaired) electrons. The zero-order valence-electron chi connectivity index (χ0n) is 17.2. The first kappa shape index (κ1) is 21.1. The summed E-state index contributed by atoms with van der Waals surface area (Å²) in [6, 6.07) is 10.9. The number of hydrogen-bond donors (Lipinski definition) is 1. The number of carbonyl (C=O) groups is 2. The quantitative estimate of drug-likeness (QED) is 0.760. The van der Waals surface area contributed by atoms with Gasteiger partial charge in [0.2, 0.25) is 11.7 Å². The molecule has 164 valence electrons. The monoisotopic (exact) mass is 445 g/mol. The minimum atomic E-state index is -0.374. The van der Waals surface area contributed by atoms with Crippen LogP contribution in [0.25, 0.3) is 0 Å². The Morgan fingerprint density at radius 1 is 1.10 bits per heavy atom. The van der Waals surface area contributed by atoms with E-state index in [-0.39, 0.29) is 18.4 Å². The maximum atomic E-state index is 12.6. The van der Waals surface area contributed by atoms with Crippen LogP contribution in [0.15, 0.2) is 36.4 Å². The van der Waals surface area contributed by atoms with Gasteiger partial charge >= 0.3 is 0 Å². The number of rotatable bonds is 5. The van der Waals surface area contributed by atoms with Gasteiger partial charge in [-0.1, -0.05) is 17.7 Å². The highest BCUT2D eigenvalue weighted by molar-refractivity contribution is 6.30. The zero-order chi connectivity index (χ0) is 21.8. The highest BCUT2D eigenvalue weighted by Gasteiger charge is 2.24. The lowest BCUT2D eigenvalue weighted by molar-refractivity contribution is -0.130. The van der Waals surface area contributed by atoms with Gasteiger partial charge in [-0.05, 0) is 30.3 Å². The van der Waals surface area contributed by atoms with E-state index < -0.39 is 0 Å². The summed E-state index contributed by atoms with van der Waals surface area (Å²) in [5.41, 5.74) is 1.39. The van der Waals surface area contributed by atoms with E-state index >= 15 is 0 Å². The predicted octanol–water partition coefficient (Wildman–Crippen LogP) is 2.20.